The van der Waals surface area contributed by atoms with Gasteiger partial charge in [-0.1, -0.05) is 36.4 Å². The van der Waals surface area contributed by atoms with Crippen LogP contribution in [0.4, 0.5) is 5.69 Å². The molecule has 0 bridgehead atoms. The van der Waals surface area contributed by atoms with Gasteiger partial charge < -0.3 is 26.0 Å². The normalized spacial score (nSPS) is 13.1. The first-order valence-corrected chi connectivity index (χ1v) is 10.8. The van der Waals surface area contributed by atoms with Crippen molar-refractivity contribution in [3.63, 3.8) is 0 Å². The number of ketones is 2. The van der Waals surface area contributed by atoms with Crippen molar-refractivity contribution in [3.8, 4) is 11.5 Å². The number of carbonyl (C=O) groups is 3. The van der Waals surface area contributed by atoms with Gasteiger partial charge in [0.05, 0.1) is 17.7 Å². The Kier molecular flexibility index (Phi) is 6.60. The van der Waals surface area contributed by atoms with Crippen LogP contribution in [0.1, 0.15) is 43.8 Å². The molecule has 0 aromatic heterocycles. The van der Waals surface area contributed by atoms with E-state index in [1.165, 1.54) is 18.2 Å². The monoisotopic (exact) mass is 460 g/mol. The molecular weight excluding hydrogens is 436 g/mol. The summed E-state index contributed by atoms with van der Waals surface area (Å²) in [6.45, 7) is 0.478. The summed E-state index contributed by atoms with van der Waals surface area (Å²) in [6, 6.07) is 15.0. The molecule has 1 atom stereocenters. The lowest BCUT2D eigenvalue weighted by Gasteiger charge is -2.21. The lowest BCUT2D eigenvalue weighted by molar-refractivity contribution is -0.145. The number of rotatable bonds is 8. The van der Waals surface area contributed by atoms with E-state index in [9.17, 15) is 24.6 Å². The second kappa shape index (κ2) is 9.76. The lowest BCUT2D eigenvalue weighted by atomic mass is 9.82. The Morgan fingerprint density at radius 1 is 0.912 bits per heavy atom. The number of nitrogens with two attached hydrogens (primary N) is 1. The summed E-state index contributed by atoms with van der Waals surface area (Å²) in [4.78, 5) is 38.1. The van der Waals surface area contributed by atoms with Crippen molar-refractivity contribution in [3.05, 3.63) is 88.5 Å². The molecular formula is C26H24N2O6. The number of anilines is 1. The molecule has 1 aliphatic carbocycles. The molecule has 0 radical (unpaired) electrons. The van der Waals surface area contributed by atoms with E-state index in [2.05, 4.69) is 5.32 Å². The van der Waals surface area contributed by atoms with E-state index in [1.807, 2.05) is 0 Å². The van der Waals surface area contributed by atoms with Crippen LogP contribution in [0.15, 0.2) is 60.7 Å². The highest BCUT2D eigenvalue weighted by atomic mass is 16.5. The van der Waals surface area contributed by atoms with Gasteiger partial charge in [0, 0.05) is 23.4 Å². The Balaban J connectivity index is 1.33. The van der Waals surface area contributed by atoms with Gasteiger partial charge >= 0.3 is 5.97 Å². The first-order chi connectivity index (χ1) is 16.4. The maximum absolute atomic E-state index is 13.0. The van der Waals surface area contributed by atoms with Gasteiger partial charge in [-0.05, 0) is 42.7 Å². The Morgan fingerprint density at radius 3 is 2.24 bits per heavy atom. The predicted molar refractivity (Wildman–Crippen MR) is 125 cm³/mol. The summed E-state index contributed by atoms with van der Waals surface area (Å²) in [7, 11) is 0. The highest BCUT2D eigenvalue weighted by Crippen LogP contribution is 2.36. The smallest absolute Gasteiger partial charge is 0.323 e. The molecule has 0 aliphatic heterocycles. The molecule has 3 aromatic carbocycles. The number of carbonyl (C=O) groups excluding carboxylic acids is 3. The van der Waals surface area contributed by atoms with Crippen molar-refractivity contribution in [1.82, 2.24) is 0 Å². The fraction of sp³-hybridized carbons (Fsp3) is 0.192. The standard InChI is InChI=1S/C26H24N2O6/c27-19(14-15-6-8-16(29)9-7-15)26(33)34-13-3-12-28-20-10-11-21(30)23-22(20)24(31)17-4-1-2-5-18(17)25(23)32/h1-2,4-11,19,28-30H,3,12-14,27H2/t19-/m0/s1. The fourth-order valence-corrected chi connectivity index (χ4v) is 3.90. The number of hydrogen-bond donors (Lipinski definition) is 4. The van der Waals surface area contributed by atoms with Crippen LogP contribution < -0.4 is 11.1 Å². The van der Waals surface area contributed by atoms with Crippen LogP contribution in [0.5, 0.6) is 11.5 Å². The van der Waals surface area contributed by atoms with Crippen LogP contribution in [0.3, 0.4) is 0 Å². The Hall–Kier alpha value is -4.17. The molecule has 0 heterocycles. The maximum Gasteiger partial charge on any atom is 0.323 e. The van der Waals surface area contributed by atoms with Crippen LogP contribution >= 0.6 is 0 Å². The second-order valence-electron chi connectivity index (χ2n) is 8.01. The average molecular weight is 460 g/mol. The lowest BCUT2D eigenvalue weighted by Crippen LogP contribution is -2.34. The molecule has 0 spiro atoms. The van der Waals surface area contributed by atoms with Gasteiger partial charge in [0.15, 0.2) is 11.6 Å². The van der Waals surface area contributed by atoms with Crippen LogP contribution in [0.2, 0.25) is 0 Å². The molecule has 174 valence electrons. The van der Waals surface area contributed by atoms with E-state index in [0.717, 1.165) is 5.56 Å². The molecule has 0 saturated carbocycles. The van der Waals surface area contributed by atoms with Crippen molar-refractivity contribution in [2.24, 2.45) is 5.73 Å². The zero-order valence-electron chi connectivity index (χ0n) is 18.3. The van der Waals surface area contributed by atoms with Crippen LogP contribution in [0, 0.1) is 0 Å². The van der Waals surface area contributed by atoms with Crippen LogP contribution in [-0.4, -0.2) is 46.9 Å². The van der Waals surface area contributed by atoms with Crippen molar-refractivity contribution in [2.75, 3.05) is 18.5 Å². The summed E-state index contributed by atoms with van der Waals surface area (Å²) in [6.07, 6.45) is 0.723. The Morgan fingerprint density at radius 2 is 1.56 bits per heavy atom. The van der Waals surface area contributed by atoms with Gasteiger partial charge in [-0.25, -0.2) is 0 Å². The number of aromatic hydroxyl groups is 2. The summed E-state index contributed by atoms with van der Waals surface area (Å²) in [5.41, 5.74) is 7.82. The zero-order chi connectivity index (χ0) is 24.2. The first-order valence-electron chi connectivity index (χ1n) is 10.8. The first kappa shape index (κ1) is 23.0. The zero-order valence-corrected chi connectivity index (χ0v) is 18.3. The molecule has 0 fully saturated rings. The molecule has 34 heavy (non-hydrogen) atoms. The summed E-state index contributed by atoms with van der Waals surface area (Å²) < 4.78 is 5.24. The second-order valence-corrected chi connectivity index (χ2v) is 8.01. The third kappa shape index (κ3) is 4.62. The van der Waals surface area contributed by atoms with Crippen molar-refractivity contribution in [1.29, 1.82) is 0 Å². The van der Waals surface area contributed by atoms with Crippen molar-refractivity contribution in [2.45, 2.75) is 18.9 Å². The fourth-order valence-electron chi connectivity index (χ4n) is 3.90. The number of esters is 1. The number of nitrogens with one attached hydrogen (secondary N) is 1. The third-order valence-corrected chi connectivity index (χ3v) is 5.63. The van der Waals surface area contributed by atoms with E-state index in [-0.39, 0.29) is 47.0 Å². The number of fused-ring (bicyclic) bond motifs is 2. The predicted octanol–water partition coefficient (Wildman–Crippen LogP) is 2.79. The highest BCUT2D eigenvalue weighted by Gasteiger charge is 2.33. The van der Waals surface area contributed by atoms with Crippen molar-refractivity contribution < 1.29 is 29.3 Å². The minimum atomic E-state index is -0.828. The molecule has 0 saturated heterocycles. The van der Waals surface area contributed by atoms with Gasteiger partial charge in [0.25, 0.3) is 0 Å². The Bertz CT molecular complexity index is 1250. The molecule has 1 aliphatic rings. The van der Waals surface area contributed by atoms with E-state index < -0.39 is 17.8 Å². The van der Waals surface area contributed by atoms with Crippen molar-refractivity contribution >= 4 is 23.2 Å². The molecule has 8 heteroatoms. The van der Waals surface area contributed by atoms with Gasteiger partial charge in [-0.2, -0.15) is 0 Å². The highest BCUT2D eigenvalue weighted by molar-refractivity contribution is 6.31. The number of phenols is 2. The number of phenolic OH excluding ortho intramolecular Hbond substituents is 2. The minimum absolute atomic E-state index is 0.0136. The number of ether oxygens (including phenoxy) is 1. The molecule has 3 aromatic rings. The molecule has 0 amide bonds. The van der Waals surface area contributed by atoms with Crippen LogP contribution in [0.25, 0.3) is 0 Å². The summed E-state index contributed by atoms with van der Waals surface area (Å²) >= 11 is 0. The topological polar surface area (TPSA) is 139 Å². The van der Waals surface area contributed by atoms with Crippen LogP contribution in [-0.2, 0) is 16.0 Å². The third-order valence-electron chi connectivity index (χ3n) is 5.63. The van der Waals surface area contributed by atoms with E-state index in [0.29, 0.717) is 24.2 Å². The summed E-state index contributed by atoms with van der Waals surface area (Å²) in [5.74, 6) is -1.38. The Labute approximate surface area is 196 Å². The number of benzene rings is 3. The quantitative estimate of drug-likeness (QED) is 0.179. The van der Waals surface area contributed by atoms with E-state index >= 15 is 0 Å². The van der Waals surface area contributed by atoms with E-state index in [4.69, 9.17) is 10.5 Å². The summed E-state index contributed by atoms with van der Waals surface area (Å²) in [5, 5.41) is 22.7. The van der Waals surface area contributed by atoms with Gasteiger partial charge in [0.1, 0.15) is 17.5 Å². The molecule has 8 nitrogen and oxygen atoms in total. The molecule has 0 unspecified atom stereocenters. The molecule has 4 rings (SSSR count). The maximum atomic E-state index is 13.0. The van der Waals surface area contributed by atoms with E-state index in [1.54, 1.807) is 42.5 Å². The number of hydrogen-bond acceptors (Lipinski definition) is 8. The molecule has 5 N–H and O–H groups in total. The van der Waals surface area contributed by atoms with Gasteiger partial charge in [-0.3, -0.25) is 14.4 Å². The average Bonchev–Trinajstić information content (AvgIpc) is 2.84. The SMILES string of the molecule is N[C@@H](Cc1ccc(O)cc1)C(=O)OCCCNc1ccc(O)c2c1C(=O)c1ccccc1C2=O. The largest absolute Gasteiger partial charge is 0.508 e. The van der Waals surface area contributed by atoms with Gasteiger partial charge in [0.2, 0.25) is 0 Å². The van der Waals surface area contributed by atoms with Gasteiger partial charge in [-0.15, -0.1) is 0 Å². The minimum Gasteiger partial charge on any atom is -0.508 e.